The maximum Gasteiger partial charge on any atom is 0.339 e. The summed E-state index contributed by atoms with van der Waals surface area (Å²) in [5.41, 5.74) is 1.11. The number of aromatic nitrogens is 1. The molecule has 7 heteroatoms. The van der Waals surface area contributed by atoms with Gasteiger partial charge in [-0.2, -0.15) is 0 Å². The van der Waals surface area contributed by atoms with Gasteiger partial charge < -0.3 is 9.15 Å². The number of hydrogen-bond donors (Lipinski definition) is 0. The van der Waals surface area contributed by atoms with Crippen LogP contribution in [-0.4, -0.2) is 23.3 Å². The molecule has 0 saturated heterocycles. The van der Waals surface area contributed by atoms with E-state index in [1.165, 1.54) is 12.3 Å². The first-order chi connectivity index (χ1) is 14.0. The summed E-state index contributed by atoms with van der Waals surface area (Å²) in [4.78, 5) is 29.3. The van der Waals surface area contributed by atoms with Crippen LogP contribution in [0.2, 0.25) is 0 Å². The zero-order valence-corrected chi connectivity index (χ0v) is 14.9. The molecule has 4 rings (SSSR count). The smallest absolute Gasteiger partial charge is 0.339 e. The first kappa shape index (κ1) is 18.5. The van der Waals surface area contributed by atoms with Crippen LogP contribution >= 0.6 is 0 Å². The summed E-state index contributed by atoms with van der Waals surface area (Å²) in [5, 5.41) is 0.549. The molecule has 0 unspecified atom stereocenters. The molecule has 5 nitrogen and oxygen atoms in total. The third-order valence-corrected chi connectivity index (χ3v) is 4.29. The maximum atomic E-state index is 13.3. The van der Waals surface area contributed by atoms with Gasteiger partial charge in [0.2, 0.25) is 0 Å². The van der Waals surface area contributed by atoms with Gasteiger partial charge in [-0.3, -0.25) is 4.79 Å². The van der Waals surface area contributed by atoms with Gasteiger partial charge in [0.15, 0.2) is 29.8 Å². The van der Waals surface area contributed by atoms with E-state index in [0.29, 0.717) is 22.4 Å². The molecule has 0 bridgehead atoms. The molecule has 0 spiro atoms. The molecule has 2 aromatic heterocycles. The predicted molar refractivity (Wildman–Crippen MR) is 100 cm³/mol. The van der Waals surface area contributed by atoms with Crippen molar-refractivity contribution in [3.05, 3.63) is 89.7 Å². The van der Waals surface area contributed by atoms with Gasteiger partial charge in [0.1, 0.15) is 5.69 Å². The van der Waals surface area contributed by atoms with Gasteiger partial charge >= 0.3 is 5.97 Å². The molecule has 0 aliphatic heterocycles. The summed E-state index contributed by atoms with van der Waals surface area (Å²) in [6, 6.07) is 14.6. The maximum absolute atomic E-state index is 13.3. The van der Waals surface area contributed by atoms with E-state index < -0.39 is 30.0 Å². The van der Waals surface area contributed by atoms with Gasteiger partial charge in [-0.1, -0.05) is 18.2 Å². The van der Waals surface area contributed by atoms with Gasteiger partial charge in [-0.15, -0.1) is 0 Å². The molecule has 4 aromatic rings. The van der Waals surface area contributed by atoms with Gasteiger partial charge in [-0.05, 0) is 42.5 Å². The number of ketones is 1. The molecular formula is C22H13F2NO4. The Morgan fingerprint density at radius 1 is 0.966 bits per heavy atom. The first-order valence-corrected chi connectivity index (χ1v) is 8.62. The average molecular weight is 393 g/mol. The second kappa shape index (κ2) is 7.63. The molecule has 29 heavy (non-hydrogen) atoms. The number of halogens is 2. The largest absolute Gasteiger partial charge is 0.463 e. The van der Waals surface area contributed by atoms with Crippen molar-refractivity contribution in [3.8, 4) is 11.5 Å². The minimum Gasteiger partial charge on any atom is -0.463 e. The van der Waals surface area contributed by atoms with E-state index in [0.717, 1.165) is 18.2 Å². The Kier molecular flexibility index (Phi) is 4.87. The lowest BCUT2D eigenvalue weighted by molar-refractivity contribution is 0.0476. The lowest BCUT2D eigenvalue weighted by Gasteiger charge is -2.09. The lowest BCUT2D eigenvalue weighted by atomic mass is 10.1. The first-order valence-electron chi connectivity index (χ1n) is 8.62. The highest BCUT2D eigenvalue weighted by molar-refractivity contribution is 6.06. The van der Waals surface area contributed by atoms with E-state index in [-0.39, 0.29) is 11.1 Å². The number of carbonyl (C=O) groups is 2. The Balaban J connectivity index is 1.61. The lowest BCUT2D eigenvalue weighted by Crippen LogP contribution is -2.15. The number of fused-ring (bicyclic) bond motifs is 1. The van der Waals surface area contributed by atoms with E-state index in [9.17, 15) is 18.4 Å². The van der Waals surface area contributed by atoms with Gasteiger partial charge in [-0.25, -0.2) is 18.6 Å². The van der Waals surface area contributed by atoms with Crippen LogP contribution in [0.25, 0.3) is 22.4 Å². The van der Waals surface area contributed by atoms with Crippen LogP contribution < -0.4 is 0 Å². The highest BCUT2D eigenvalue weighted by atomic mass is 19.2. The van der Waals surface area contributed by atoms with Crippen LogP contribution in [-0.2, 0) is 4.74 Å². The fourth-order valence-electron chi connectivity index (χ4n) is 2.86. The second-order valence-corrected chi connectivity index (χ2v) is 6.18. The third-order valence-electron chi connectivity index (χ3n) is 4.29. The third kappa shape index (κ3) is 3.75. The van der Waals surface area contributed by atoms with Crippen molar-refractivity contribution in [1.82, 2.24) is 4.98 Å². The molecule has 0 atom stereocenters. The second-order valence-electron chi connectivity index (χ2n) is 6.18. The highest BCUT2D eigenvalue weighted by Gasteiger charge is 2.18. The Hall–Kier alpha value is -3.87. The zero-order chi connectivity index (χ0) is 20.4. The Morgan fingerprint density at radius 3 is 2.55 bits per heavy atom. The fourth-order valence-corrected chi connectivity index (χ4v) is 2.86. The molecule has 0 amide bonds. The summed E-state index contributed by atoms with van der Waals surface area (Å²) in [5.74, 6) is -3.13. The molecule has 0 N–H and O–H groups in total. The molecule has 0 saturated carbocycles. The van der Waals surface area contributed by atoms with Gasteiger partial charge in [0.05, 0.1) is 17.3 Å². The summed E-state index contributed by atoms with van der Waals surface area (Å²) in [6.07, 6.45) is 1.49. The van der Waals surface area contributed by atoms with Crippen LogP contribution in [0.5, 0.6) is 0 Å². The van der Waals surface area contributed by atoms with Crippen molar-refractivity contribution >= 4 is 22.7 Å². The summed E-state index contributed by atoms with van der Waals surface area (Å²) in [7, 11) is 0. The predicted octanol–water partition coefficient (Wildman–Crippen LogP) is 4.81. The minimum atomic E-state index is -1.15. The van der Waals surface area contributed by atoms with Crippen molar-refractivity contribution in [1.29, 1.82) is 0 Å². The number of Topliss-reactive ketones (excluding diaryl/α,β-unsaturated/α-hetero) is 1. The summed E-state index contributed by atoms with van der Waals surface area (Å²) < 4.78 is 36.8. The standard InChI is InChI=1S/C22H13F2NO4/c23-16-8-7-13(10-17(16)24)20(26)12-29-22(27)15-11-19(21-6-3-9-28-21)25-18-5-2-1-4-14(15)18/h1-11H,12H2. The van der Waals surface area contributed by atoms with E-state index in [2.05, 4.69) is 4.98 Å². The Labute approximate surface area is 163 Å². The SMILES string of the molecule is O=C(COC(=O)c1cc(-c2ccco2)nc2ccccc12)c1ccc(F)c(F)c1. The van der Waals surface area contributed by atoms with Crippen LogP contribution in [0.3, 0.4) is 0 Å². The van der Waals surface area contributed by atoms with Crippen LogP contribution in [0, 0.1) is 11.6 Å². The van der Waals surface area contributed by atoms with Crippen molar-refractivity contribution in [2.75, 3.05) is 6.61 Å². The topological polar surface area (TPSA) is 69.4 Å². The van der Waals surface area contributed by atoms with E-state index in [1.54, 1.807) is 36.4 Å². The number of ether oxygens (including phenoxy) is 1. The molecule has 144 valence electrons. The van der Waals surface area contributed by atoms with Crippen LogP contribution in [0.4, 0.5) is 8.78 Å². The number of carbonyl (C=O) groups excluding carboxylic acids is 2. The average Bonchev–Trinajstić information content (AvgIpc) is 3.28. The number of benzene rings is 2. The number of pyridine rings is 1. The number of para-hydroxylation sites is 1. The Morgan fingerprint density at radius 2 is 1.79 bits per heavy atom. The van der Waals surface area contributed by atoms with E-state index in [4.69, 9.17) is 9.15 Å². The summed E-state index contributed by atoms with van der Waals surface area (Å²) in [6.45, 7) is -0.614. The molecule has 2 heterocycles. The minimum absolute atomic E-state index is 0.0902. The number of rotatable bonds is 5. The van der Waals surface area contributed by atoms with Crippen molar-refractivity contribution in [3.63, 3.8) is 0 Å². The molecule has 0 fully saturated rings. The van der Waals surface area contributed by atoms with Crippen LogP contribution in [0.15, 0.2) is 71.3 Å². The molecule has 2 aromatic carbocycles. The molecule has 0 radical (unpaired) electrons. The quantitative estimate of drug-likeness (QED) is 0.359. The van der Waals surface area contributed by atoms with Gasteiger partial charge in [0, 0.05) is 10.9 Å². The number of nitrogens with zero attached hydrogens (tertiary/aromatic N) is 1. The molecule has 0 aliphatic carbocycles. The summed E-state index contributed by atoms with van der Waals surface area (Å²) >= 11 is 0. The highest BCUT2D eigenvalue weighted by Crippen LogP contribution is 2.25. The van der Waals surface area contributed by atoms with E-state index >= 15 is 0 Å². The van der Waals surface area contributed by atoms with Gasteiger partial charge in [0.25, 0.3) is 0 Å². The van der Waals surface area contributed by atoms with Crippen molar-refractivity contribution < 1.29 is 27.5 Å². The van der Waals surface area contributed by atoms with Crippen molar-refractivity contribution in [2.24, 2.45) is 0 Å². The molecule has 0 aliphatic rings. The normalized spacial score (nSPS) is 10.8. The fraction of sp³-hybridized carbons (Fsp3) is 0.0455. The number of furan rings is 1. The van der Waals surface area contributed by atoms with E-state index in [1.807, 2.05) is 0 Å². The van der Waals surface area contributed by atoms with Crippen LogP contribution in [0.1, 0.15) is 20.7 Å². The number of hydrogen-bond acceptors (Lipinski definition) is 5. The zero-order valence-electron chi connectivity index (χ0n) is 14.9. The van der Waals surface area contributed by atoms with Crippen molar-refractivity contribution in [2.45, 2.75) is 0 Å². The molecular weight excluding hydrogens is 380 g/mol. The Bertz CT molecular complexity index is 1220. The monoisotopic (exact) mass is 393 g/mol. The number of esters is 1.